The Morgan fingerprint density at radius 3 is 2.68 bits per heavy atom. The average Bonchev–Trinajstić information content (AvgIpc) is 2.37. The highest BCUT2D eigenvalue weighted by Crippen LogP contribution is 2.30. The summed E-state index contributed by atoms with van der Waals surface area (Å²) >= 11 is 1.55. The highest BCUT2D eigenvalue weighted by molar-refractivity contribution is 7.98. The molecule has 0 atom stereocenters. The molecule has 0 fully saturated rings. The number of hydrogen-bond donors (Lipinski definition) is 2. The van der Waals surface area contributed by atoms with Crippen LogP contribution in [-0.4, -0.2) is 11.1 Å². The molecule has 2 aromatic carbocycles. The van der Waals surface area contributed by atoms with Gasteiger partial charge in [0.05, 0.1) is 11.3 Å². The minimum atomic E-state index is -0.990. The van der Waals surface area contributed by atoms with Gasteiger partial charge in [0, 0.05) is 10.6 Å². The van der Waals surface area contributed by atoms with E-state index in [2.05, 4.69) is 12.1 Å². The monoisotopic (exact) mass is 273 g/mol. The fraction of sp³-hybridized carbons (Fsp3) is 0.133. The summed E-state index contributed by atoms with van der Waals surface area (Å²) in [5.74, 6) is -0.218. The molecule has 0 unspecified atom stereocenters. The van der Waals surface area contributed by atoms with Crippen molar-refractivity contribution in [2.24, 2.45) is 0 Å². The number of carbonyl (C=O) groups is 1. The Hall–Kier alpha value is -1.94. The van der Waals surface area contributed by atoms with E-state index in [-0.39, 0.29) is 5.56 Å². The summed E-state index contributed by atoms with van der Waals surface area (Å²) in [4.78, 5) is 11.8. The van der Waals surface area contributed by atoms with Gasteiger partial charge in [-0.25, -0.2) is 4.79 Å². The molecule has 19 heavy (non-hydrogen) atoms. The first kappa shape index (κ1) is 13.5. The first-order valence-corrected chi connectivity index (χ1v) is 6.86. The van der Waals surface area contributed by atoms with Crippen LogP contribution in [-0.2, 0) is 5.75 Å². The van der Waals surface area contributed by atoms with Crippen molar-refractivity contribution in [2.75, 3.05) is 5.73 Å². The molecule has 0 amide bonds. The Bertz CT molecular complexity index is 611. The summed E-state index contributed by atoms with van der Waals surface area (Å²) < 4.78 is 0. The number of nitrogen functional groups attached to an aromatic ring is 1. The lowest BCUT2D eigenvalue weighted by molar-refractivity contribution is 0.0698. The molecule has 0 saturated carbocycles. The van der Waals surface area contributed by atoms with Gasteiger partial charge in [0.1, 0.15) is 0 Å². The highest BCUT2D eigenvalue weighted by Gasteiger charge is 2.11. The molecular formula is C15H15NO2S. The van der Waals surface area contributed by atoms with E-state index in [1.54, 1.807) is 17.8 Å². The summed E-state index contributed by atoms with van der Waals surface area (Å²) in [6.45, 7) is 2.05. The Morgan fingerprint density at radius 2 is 2.00 bits per heavy atom. The standard InChI is InChI=1S/C15H15NO2S/c1-10-4-2-5-11(8-10)9-19-13-7-3-6-12(14(13)16)15(17)18/h2-8H,9,16H2,1H3,(H,17,18). The van der Waals surface area contributed by atoms with E-state index in [0.717, 1.165) is 10.6 Å². The lowest BCUT2D eigenvalue weighted by Gasteiger charge is -2.08. The van der Waals surface area contributed by atoms with E-state index in [1.165, 1.54) is 17.2 Å². The lowest BCUT2D eigenvalue weighted by Crippen LogP contribution is -2.03. The zero-order valence-electron chi connectivity index (χ0n) is 10.6. The van der Waals surface area contributed by atoms with E-state index in [9.17, 15) is 4.79 Å². The molecule has 3 nitrogen and oxygen atoms in total. The summed E-state index contributed by atoms with van der Waals surface area (Å²) in [6.07, 6.45) is 0. The Labute approximate surface area is 116 Å². The summed E-state index contributed by atoms with van der Waals surface area (Å²) in [6, 6.07) is 13.3. The summed E-state index contributed by atoms with van der Waals surface area (Å²) in [5, 5.41) is 9.02. The minimum Gasteiger partial charge on any atom is -0.478 e. The number of thioether (sulfide) groups is 1. The van der Waals surface area contributed by atoms with Crippen molar-refractivity contribution in [3.05, 3.63) is 59.2 Å². The maximum atomic E-state index is 11.0. The smallest absolute Gasteiger partial charge is 0.337 e. The number of aromatic carboxylic acids is 1. The Balaban J connectivity index is 2.16. The molecule has 0 aliphatic rings. The predicted octanol–water partition coefficient (Wildman–Crippen LogP) is 3.57. The Kier molecular flexibility index (Phi) is 4.12. The number of aryl methyl sites for hydroxylation is 1. The third-order valence-electron chi connectivity index (χ3n) is 2.77. The fourth-order valence-corrected chi connectivity index (χ4v) is 2.76. The van der Waals surface area contributed by atoms with Crippen molar-refractivity contribution in [1.82, 2.24) is 0 Å². The van der Waals surface area contributed by atoms with E-state index < -0.39 is 5.97 Å². The normalized spacial score (nSPS) is 10.4. The predicted molar refractivity (Wildman–Crippen MR) is 78.6 cm³/mol. The third kappa shape index (κ3) is 3.29. The summed E-state index contributed by atoms with van der Waals surface area (Å²) in [5.41, 5.74) is 8.79. The van der Waals surface area contributed by atoms with Crippen LogP contribution < -0.4 is 5.73 Å². The van der Waals surface area contributed by atoms with Gasteiger partial charge < -0.3 is 10.8 Å². The maximum Gasteiger partial charge on any atom is 0.337 e. The number of nitrogens with two attached hydrogens (primary N) is 1. The van der Waals surface area contributed by atoms with Gasteiger partial charge in [-0.1, -0.05) is 35.9 Å². The summed E-state index contributed by atoms with van der Waals surface area (Å²) in [7, 11) is 0. The number of benzene rings is 2. The van der Waals surface area contributed by atoms with E-state index >= 15 is 0 Å². The molecular weight excluding hydrogens is 258 g/mol. The molecule has 3 N–H and O–H groups in total. The fourth-order valence-electron chi connectivity index (χ4n) is 1.82. The molecule has 0 aromatic heterocycles. The molecule has 2 aromatic rings. The van der Waals surface area contributed by atoms with Gasteiger partial charge in [-0.05, 0) is 24.6 Å². The maximum absolute atomic E-state index is 11.0. The third-order valence-corrected chi connectivity index (χ3v) is 3.92. The van der Waals surface area contributed by atoms with Crippen molar-refractivity contribution < 1.29 is 9.90 Å². The van der Waals surface area contributed by atoms with Crippen molar-refractivity contribution in [1.29, 1.82) is 0 Å². The van der Waals surface area contributed by atoms with E-state index in [4.69, 9.17) is 10.8 Å². The average molecular weight is 273 g/mol. The molecule has 98 valence electrons. The topological polar surface area (TPSA) is 63.3 Å². The zero-order valence-corrected chi connectivity index (χ0v) is 11.4. The minimum absolute atomic E-state index is 0.161. The Morgan fingerprint density at radius 1 is 1.26 bits per heavy atom. The van der Waals surface area contributed by atoms with Crippen LogP contribution in [0.1, 0.15) is 21.5 Å². The molecule has 0 heterocycles. The van der Waals surface area contributed by atoms with Crippen LogP contribution >= 0.6 is 11.8 Å². The molecule has 0 aliphatic heterocycles. The van der Waals surface area contributed by atoms with Gasteiger partial charge in [-0.2, -0.15) is 0 Å². The second-order valence-electron chi connectivity index (χ2n) is 4.30. The number of hydrogen-bond acceptors (Lipinski definition) is 3. The van der Waals surface area contributed by atoms with E-state index in [0.29, 0.717) is 5.69 Å². The van der Waals surface area contributed by atoms with Gasteiger partial charge in [0.25, 0.3) is 0 Å². The van der Waals surface area contributed by atoms with Gasteiger partial charge in [0.2, 0.25) is 0 Å². The first-order chi connectivity index (χ1) is 9.08. The second kappa shape index (κ2) is 5.80. The van der Waals surface area contributed by atoms with Crippen molar-refractivity contribution in [2.45, 2.75) is 17.6 Å². The van der Waals surface area contributed by atoms with Gasteiger partial charge in [0.15, 0.2) is 0 Å². The zero-order chi connectivity index (χ0) is 13.8. The van der Waals surface area contributed by atoms with Crippen molar-refractivity contribution in [3.63, 3.8) is 0 Å². The van der Waals surface area contributed by atoms with Gasteiger partial charge in [-0.3, -0.25) is 0 Å². The number of anilines is 1. The first-order valence-electron chi connectivity index (χ1n) is 5.88. The van der Waals surface area contributed by atoms with Crippen LogP contribution in [0.5, 0.6) is 0 Å². The van der Waals surface area contributed by atoms with Gasteiger partial charge in [-0.15, -0.1) is 11.8 Å². The SMILES string of the molecule is Cc1cccc(CSc2cccc(C(=O)O)c2N)c1. The van der Waals surface area contributed by atoms with Crippen molar-refractivity contribution in [3.8, 4) is 0 Å². The number of para-hydroxylation sites is 1. The number of rotatable bonds is 4. The van der Waals surface area contributed by atoms with Crippen LogP contribution in [0.2, 0.25) is 0 Å². The van der Waals surface area contributed by atoms with Crippen LogP contribution in [0.25, 0.3) is 0 Å². The van der Waals surface area contributed by atoms with Gasteiger partial charge >= 0.3 is 5.97 Å². The van der Waals surface area contributed by atoms with Crippen LogP contribution in [0.15, 0.2) is 47.4 Å². The van der Waals surface area contributed by atoms with E-state index in [1.807, 2.05) is 25.1 Å². The molecule has 2 rings (SSSR count). The lowest BCUT2D eigenvalue weighted by atomic mass is 10.2. The molecule has 0 radical (unpaired) electrons. The molecule has 0 spiro atoms. The number of carboxylic acids is 1. The van der Waals surface area contributed by atoms with Crippen LogP contribution in [0.4, 0.5) is 5.69 Å². The largest absolute Gasteiger partial charge is 0.478 e. The van der Waals surface area contributed by atoms with Crippen LogP contribution in [0.3, 0.4) is 0 Å². The highest BCUT2D eigenvalue weighted by atomic mass is 32.2. The molecule has 4 heteroatoms. The van der Waals surface area contributed by atoms with Crippen molar-refractivity contribution >= 4 is 23.4 Å². The number of carboxylic acid groups (broad SMARTS) is 1. The second-order valence-corrected chi connectivity index (χ2v) is 5.32. The van der Waals surface area contributed by atoms with Crippen LogP contribution in [0, 0.1) is 6.92 Å². The molecule has 0 bridgehead atoms. The molecule has 0 aliphatic carbocycles. The quantitative estimate of drug-likeness (QED) is 0.660. The molecule has 0 saturated heterocycles.